The summed E-state index contributed by atoms with van der Waals surface area (Å²) in [6.07, 6.45) is 22.8. The van der Waals surface area contributed by atoms with Gasteiger partial charge in [0, 0.05) is 5.33 Å². The van der Waals surface area contributed by atoms with Crippen molar-refractivity contribution in [3.05, 3.63) is 35.9 Å². The molecule has 0 atom stereocenters. The van der Waals surface area contributed by atoms with Gasteiger partial charge in [0.2, 0.25) is 0 Å². The van der Waals surface area contributed by atoms with Gasteiger partial charge in [-0.1, -0.05) is 130 Å². The summed E-state index contributed by atoms with van der Waals surface area (Å²) in [4.78, 5) is 0. The van der Waals surface area contributed by atoms with E-state index >= 15 is 0 Å². The molecule has 0 nitrogen and oxygen atoms in total. The van der Waals surface area contributed by atoms with Gasteiger partial charge in [-0.2, -0.15) is 0 Å². The van der Waals surface area contributed by atoms with Gasteiger partial charge in [-0.25, -0.2) is 0 Å². The quantitative estimate of drug-likeness (QED) is 0.183. The molecule has 0 saturated heterocycles. The molecule has 24 heavy (non-hydrogen) atoms. The molecule has 1 aromatic rings. The number of benzene rings is 1. The molecule has 0 heterocycles. The van der Waals surface area contributed by atoms with Crippen LogP contribution in [-0.2, 0) is 6.42 Å². The number of hydrogen-bond acceptors (Lipinski definition) is 0. The van der Waals surface area contributed by atoms with E-state index in [1.54, 1.807) is 0 Å². The molecule has 0 bridgehead atoms. The van der Waals surface area contributed by atoms with Crippen LogP contribution >= 0.6 is 15.9 Å². The highest BCUT2D eigenvalue weighted by Crippen LogP contribution is 2.14. The molecule has 138 valence electrons. The topological polar surface area (TPSA) is 0 Å². The van der Waals surface area contributed by atoms with Gasteiger partial charge in [-0.3, -0.25) is 0 Å². The van der Waals surface area contributed by atoms with Crippen molar-refractivity contribution in [2.45, 2.75) is 103 Å². The molecule has 1 heteroatoms. The Morgan fingerprint density at radius 1 is 0.458 bits per heavy atom. The molecule has 0 aliphatic heterocycles. The van der Waals surface area contributed by atoms with Gasteiger partial charge in [-0.15, -0.1) is 0 Å². The van der Waals surface area contributed by atoms with Crippen molar-refractivity contribution < 1.29 is 0 Å². The average Bonchev–Trinajstić information content (AvgIpc) is 2.62. The van der Waals surface area contributed by atoms with Crippen molar-refractivity contribution in [1.29, 1.82) is 0 Å². The second-order valence-electron chi connectivity index (χ2n) is 7.23. The molecule has 0 fully saturated rings. The zero-order valence-corrected chi connectivity index (χ0v) is 17.4. The minimum absolute atomic E-state index is 1.18. The van der Waals surface area contributed by atoms with Crippen LogP contribution in [0.25, 0.3) is 0 Å². The third-order valence-corrected chi connectivity index (χ3v) is 5.50. The van der Waals surface area contributed by atoms with Crippen LogP contribution in [0.5, 0.6) is 0 Å². The molecule has 0 aliphatic rings. The average molecular weight is 395 g/mol. The minimum atomic E-state index is 1.18. The summed E-state index contributed by atoms with van der Waals surface area (Å²) < 4.78 is 0. The summed E-state index contributed by atoms with van der Waals surface area (Å²) in [5.41, 5.74) is 1.50. The fourth-order valence-electron chi connectivity index (χ4n) is 3.37. The molecule has 1 rings (SSSR count). The lowest BCUT2D eigenvalue weighted by Gasteiger charge is -2.04. The van der Waals surface area contributed by atoms with Crippen LogP contribution in [0.15, 0.2) is 30.3 Å². The second-order valence-corrected chi connectivity index (χ2v) is 8.02. The van der Waals surface area contributed by atoms with E-state index in [-0.39, 0.29) is 0 Å². The number of halogens is 1. The van der Waals surface area contributed by atoms with Crippen molar-refractivity contribution in [2.24, 2.45) is 0 Å². The highest BCUT2D eigenvalue weighted by molar-refractivity contribution is 9.09. The predicted molar refractivity (Wildman–Crippen MR) is 113 cm³/mol. The number of rotatable bonds is 17. The highest BCUT2D eigenvalue weighted by atomic mass is 79.9. The smallest absolute Gasteiger partial charge is 0.00313 e. The van der Waals surface area contributed by atoms with E-state index in [9.17, 15) is 0 Å². The first-order valence-corrected chi connectivity index (χ1v) is 11.7. The predicted octanol–water partition coefficient (Wildman–Crippen LogP) is 8.48. The summed E-state index contributed by atoms with van der Waals surface area (Å²) in [7, 11) is 0. The molecular formula is C23H39Br. The Hall–Kier alpha value is -0.300. The lowest BCUT2D eigenvalue weighted by Crippen LogP contribution is -1.86. The fourth-order valence-corrected chi connectivity index (χ4v) is 3.76. The van der Waals surface area contributed by atoms with Crippen molar-refractivity contribution >= 4 is 15.9 Å². The van der Waals surface area contributed by atoms with Gasteiger partial charge < -0.3 is 0 Å². The Labute approximate surface area is 160 Å². The van der Waals surface area contributed by atoms with E-state index in [4.69, 9.17) is 0 Å². The first kappa shape index (κ1) is 21.7. The van der Waals surface area contributed by atoms with Crippen LogP contribution in [0.2, 0.25) is 0 Å². The maximum absolute atomic E-state index is 3.50. The van der Waals surface area contributed by atoms with Crippen LogP contribution in [0.4, 0.5) is 0 Å². The third-order valence-electron chi connectivity index (χ3n) is 4.94. The lowest BCUT2D eigenvalue weighted by atomic mass is 10.0. The Balaban J connectivity index is 1.70. The van der Waals surface area contributed by atoms with Gasteiger partial charge in [-0.05, 0) is 24.8 Å². The van der Waals surface area contributed by atoms with Crippen LogP contribution < -0.4 is 0 Å². The van der Waals surface area contributed by atoms with E-state index in [0.29, 0.717) is 0 Å². The fraction of sp³-hybridized carbons (Fsp3) is 0.739. The number of unbranched alkanes of at least 4 members (excludes halogenated alkanes) is 14. The first-order chi connectivity index (χ1) is 11.9. The maximum Gasteiger partial charge on any atom is 0.00313 e. The van der Waals surface area contributed by atoms with Crippen molar-refractivity contribution in [3.8, 4) is 0 Å². The van der Waals surface area contributed by atoms with Gasteiger partial charge >= 0.3 is 0 Å². The van der Waals surface area contributed by atoms with E-state index in [0.717, 1.165) is 0 Å². The van der Waals surface area contributed by atoms with Crippen LogP contribution in [0.1, 0.15) is 102 Å². The molecule has 0 N–H and O–H groups in total. The van der Waals surface area contributed by atoms with Crippen molar-refractivity contribution in [1.82, 2.24) is 0 Å². The van der Waals surface area contributed by atoms with E-state index in [1.165, 1.54) is 114 Å². The van der Waals surface area contributed by atoms with E-state index in [1.807, 2.05) is 0 Å². The van der Waals surface area contributed by atoms with E-state index in [2.05, 4.69) is 46.3 Å². The molecule has 0 spiro atoms. The molecule has 0 aromatic heterocycles. The monoisotopic (exact) mass is 394 g/mol. The highest BCUT2D eigenvalue weighted by Gasteiger charge is 1.95. The molecular weight excluding hydrogens is 356 g/mol. The summed E-state index contributed by atoms with van der Waals surface area (Å²) in [6, 6.07) is 10.9. The normalized spacial score (nSPS) is 11.0. The molecule has 0 radical (unpaired) electrons. The summed E-state index contributed by atoms with van der Waals surface area (Å²) >= 11 is 3.50. The van der Waals surface area contributed by atoms with Gasteiger partial charge in [0.25, 0.3) is 0 Å². The number of aryl methyl sites for hydroxylation is 1. The molecule has 0 unspecified atom stereocenters. The number of hydrogen-bond donors (Lipinski definition) is 0. The summed E-state index contributed by atoms with van der Waals surface area (Å²) in [6.45, 7) is 0. The van der Waals surface area contributed by atoms with Gasteiger partial charge in [0.1, 0.15) is 0 Å². The van der Waals surface area contributed by atoms with Crippen molar-refractivity contribution in [3.63, 3.8) is 0 Å². The van der Waals surface area contributed by atoms with Gasteiger partial charge in [0.15, 0.2) is 0 Å². The minimum Gasteiger partial charge on any atom is -0.0928 e. The molecule has 0 amide bonds. The zero-order chi connectivity index (χ0) is 17.1. The Morgan fingerprint density at radius 2 is 0.833 bits per heavy atom. The van der Waals surface area contributed by atoms with Crippen LogP contribution in [0, 0.1) is 0 Å². The lowest BCUT2D eigenvalue weighted by molar-refractivity contribution is 0.532. The Bertz CT molecular complexity index is 346. The maximum atomic E-state index is 3.50. The first-order valence-electron chi connectivity index (χ1n) is 10.5. The SMILES string of the molecule is BrCCCCCCCCCCCCCCCCCc1ccccc1. The van der Waals surface area contributed by atoms with E-state index < -0.39 is 0 Å². The van der Waals surface area contributed by atoms with Gasteiger partial charge in [0.05, 0.1) is 0 Å². The summed E-state index contributed by atoms with van der Waals surface area (Å²) in [5.74, 6) is 0. The summed E-state index contributed by atoms with van der Waals surface area (Å²) in [5, 5.41) is 1.18. The Kier molecular flexibility index (Phi) is 15.9. The van der Waals surface area contributed by atoms with Crippen LogP contribution in [-0.4, -0.2) is 5.33 Å². The van der Waals surface area contributed by atoms with Crippen LogP contribution in [0.3, 0.4) is 0 Å². The number of alkyl halides is 1. The third kappa shape index (κ3) is 14.1. The Morgan fingerprint density at radius 3 is 1.25 bits per heavy atom. The standard InChI is InChI=1S/C23H39Br/c24-22-18-13-11-9-7-5-3-1-2-4-6-8-10-12-15-19-23-20-16-14-17-21-23/h14,16-17,20-21H,1-13,15,18-19,22H2. The molecule has 0 saturated carbocycles. The molecule has 0 aliphatic carbocycles. The van der Waals surface area contributed by atoms with Crippen molar-refractivity contribution in [2.75, 3.05) is 5.33 Å². The molecule has 1 aromatic carbocycles. The largest absolute Gasteiger partial charge is 0.0928 e. The zero-order valence-electron chi connectivity index (χ0n) is 15.8. The second kappa shape index (κ2) is 17.5.